The van der Waals surface area contributed by atoms with Crippen molar-refractivity contribution in [1.29, 1.82) is 0 Å². The lowest BCUT2D eigenvalue weighted by molar-refractivity contribution is 0.547. The molecule has 4 heteroatoms. The summed E-state index contributed by atoms with van der Waals surface area (Å²) in [7, 11) is 0. The molecular formula is C12H15N3S. The molecule has 2 aromatic rings. The van der Waals surface area contributed by atoms with Gasteiger partial charge in [0.1, 0.15) is 0 Å². The Bertz CT molecular complexity index is 439. The van der Waals surface area contributed by atoms with E-state index in [1.54, 1.807) is 11.3 Å². The predicted molar refractivity (Wildman–Crippen MR) is 67.1 cm³/mol. The Kier molecular flexibility index (Phi) is 3.66. The van der Waals surface area contributed by atoms with Crippen LogP contribution < -0.4 is 11.3 Å². The highest BCUT2D eigenvalue weighted by molar-refractivity contribution is 7.09. The van der Waals surface area contributed by atoms with E-state index in [0.29, 0.717) is 0 Å². The number of aromatic nitrogens is 1. The number of benzene rings is 1. The minimum Gasteiger partial charge on any atom is -0.271 e. The third-order valence-corrected chi connectivity index (χ3v) is 3.31. The highest BCUT2D eigenvalue weighted by Crippen LogP contribution is 2.18. The summed E-state index contributed by atoms with van der Waals surface area (Å²) in [5.74, 6) is 5.59. The first-order chi connectivity index (χ1) is 7.79. The van der Waals surface area contributed by atoms with Crippen molar-refractivity contribution in [2.75, 3.05) is 0 Å². The van der Waals surface area contributed by atoms with E-state index >= 15 is 0 Å². The summed E-state index contributed by atoms with van der Waals surface area (Å²) in [6.07, 6.45) is 0.824. The van der Waals surface area contributed by atoms with E-state index in [0.717, 1.165) is 17.1 Å². The number of hydrogen-bond acceptors (Lipinski definition) is 4. The van der Waals surface area contributed by atoms with Crippen molar-refractivity contribution in [3.63, 3.8) is 0 Å². The minimum atomic E-state index is 0.127. The Balaban J connectivity index is 2.12. The molecule has 0 fully saturated rings. The molecule has 1 heterocycles. The van der Waals surface area contributed by atoms with Gasteiger partial charge in [-0.05, 0) is 12.5 Å². The minimum absolute atomic E-state index is 0.127. The number of nitrogens with zero attached hydrogens (tertiary/aromatic N) is 1. The lowest BCUT2D eigenvalue weighted by Gasteiger charge is -2.14. The number of thiazole rings is 1. The molecule has 3 N–H and O–H groups in total. The Morgan fingerprint density at radius 1 is 1.38 bits per heavy atom. The summed E-state index contributed by atoms with van der Waals surface area (Å²) >= 11 is 1.67. The first-order valence-electron chi connectivity index (χ1n) is 5.21. The Hall–Kier alpha value is -1.23. The van der Waals surface area contributed by atoms with Gasteiger partial charge in [-0.1, -0.05) is 30.3 Å². The topological polar surface area (TPSA) is 50.9 Å². The lowest BCUT2D eigenvalue weighted by atomic mass is 10.0. The molecule has 0 aliphatic carbocycles. The van der Waals surface area contributed by atoms with E-state index in [1.165, 1.54) is 5.56 Å². The van der Waals surface area contributed by atoms with Gasteiger partial charge in [0.15, 0.2) is 0 Å². The maximum Gasteiger partial charge on any atom is 0.0897 e. The number of rotatable bonds is 4. The molecule has 1 aromatic heterocycles. The van der Waals surface area contributed by atoms with Gasteiger partial charge in [-0.15, -0.1) is 11.3 Å². The highest BCUT2D eigenvalue weighted by Gasteiger charge is 2.11. The van der Waals surface area contributed by atoms with Crippen LogP contribution in [0, 0.1) is 6.92 Å². The van der Waals surface area contributed by atoms with E-state index in [1.807, 2.05) is 25.1 Å². The monoisotopic (exact) mass is 233 g/mol. The number of nitrogens with two attached hydrogens (primary N) is 1. The molecule has 0 aliphatic heterocycles. The van der Waals surface area contributed by atoms with Gasteiger partial charge in [-0.2, -0.15) is 0 Å². The fourth-order valence-corrected chi connectivity index (χ4v) is 2.29. The molecule has 1 aromatic carbocycles. The molecule has 1 atom stereocenters. The summed E-state index contributed by atoms with van der Waals surface area (Å²) in [5.41, 5.74) is 5.12. The average Bonchev–Trinajstić information content (AvgIpc) is 2.73. The van der Waals surface area contributed by atoms with Crippen LogP contribution >= 0.6 is 11.3 Å². The molecule has 3 nitrogen and oxygen atoms in total. The molecular weight excluding hydrogens is 218 g/mol. The van der Waals surface area contributed by atoms with Gasteiger partial charge in [0.25, 0.3) is 0 Å². The first-order valence-corrected chi connectivity index (χ1v) is 6.09. The summed E-state index contributed by atoms with van der Waals surface area (Å²) in [6.45, 7) is 2.02. The predicted octanol–water partition coefficient (Wildman–Crippen LogP) is 2.20. The number of aryl methyl sites for hydroxylation is 1. The maximum absolute atomic E-state index is 5.59. The van der Waals surface area contributed by atoms with Crippen LogP contribution in [0.4, 0.5) is 0 Å². The van der Waals surface area contributed by atoms with Crippen LogP contribution in [0.5, 0.6) is 0 Å². The van der Waals surface area contributed by atoms with Crippen molar-refractivity contribution in [2.24, 2.45) is 5.84 Å². The van der Waals surface area contributed by atoms with Gasteiger partial charge in [0, 0.05) is 11.8 Å². The van der Waals surface area contributed by atoms with Crippen molar-refractivity contribution in [3.8, 4) is 0 Å². The number of nitrogens with one attached hydrogen (secondary N) is 1. The molecule has 0 spiro atoms. The summed E-state index contributed by atoms with van der Waals surface area (Å²) < 4.78 is 0. The van der Waals surface area contributed by atoms with Gasteiger partial charge in [-0.3, -0.25) is 11.3 Å². The van der Waals surface area contributed by atoms with E-state index in [-0.39, 0.29) is 6.04 Å². The first kappa shape index (κ1) is 11.3. The highest BCUT2D eigenvalue weighted by atomic mass is 32.1. The second kappa shape index (κ2) is 5.21. The van der Waals surface area contributed by atoms with E-state index < -0.39 is 0 Å². The fourth-order valence-electron chi connectivity index (χ4n) is 1.67. The van der Waals surface area contributed by atoms with Crippen molar-refractivity contribution in [1.82, 2.24) is 10.4 Å². The zero-order chi connectivity index (χ0) is 11.4. The molecule has 84 valence electrons. The van der Waals surface area contributed by atoms with Crippen molar-refractivity contribution >= 4 is 11.3 Å². The van der Waals surface area contributed by atoms with E-state index in [9.17, 15) is 0 Å². The Morgan fingerprint density at radius 3 is 2.69 bits per heavy atom. The second-order valence-corrected chi connectivity index (χ2v) is 4.75. The lowest BCUT2D eigenvalue weighted by Crippen LogP contribution is -2.29. The van der Waals surface area contributed by atoms with Gasteiger partial charge in [0.2, 0.25) is 0 Å². The smallest absolute Gasteiger partial charge is 0.0897 e. The van der Waals surface area contributed by atoms with Crippen LogP contribution in [-0.4, -0.2) is 4.98 Å². The third-order valence-electron chi connectivity index (χ3n) is 2.48. The Labute approximate surface area is 99.3 Å². The maximum atomic E-state index is 5.59. The molecule has 2 rings (SSSR count). The van der Waals surface area contributed by atoms with Crippen molar-refractivity contribution < 1.29 is 0 Å². The standard InChI is InChI=1S/C12H15N3S/c1-9-14-11(8-16-9)7-12(15-13)10-5-3-2-4-6-10/h2-6,8,12,15H,7,13H2,1H3. The SMILES string of the molecule is Cc1nc(CC(NN)c2ccccc2)cs1. The van der Waals surface area contributed by atoms with Crippen LogP contribution in [0.15, 0.2) is 35.7 Å². The van der Waals surface area contributed by atoms with Crippen LogP contribution in [0.2, 0.25) is 0 Å². The van der Waals surface area contributed by atoms with Crippen molar-refractivity contribution in [3.05, 3.63) is 52.0 Å². The van der Waals surface area contributed by atoms with Crippen molar-refractivity contribution in [2.45, 2.75) is 19.4 Å². The normalized spacial score (nSPS) is 12.6. The molecule has 0 saturated carbocycles. The number of hydrogen-bond donors (Lipinski definition) is 2. The van der Waals surface area contributed by atoms with Crippen LogP contribution in [-0.2, 0) is 6.42 Å². The molecule has 0 saturated heterocycles. The number of hydrazine groups is 1. The van der Waals surface area contributed by atoms with E-state index in [2.05, 4.69) is 27.9 Å². The zero-order valence-electron chi connectivity index (χ0n) is 9.18. The quantitative estimate of drug-likeness (QED) is 0.629. The third kappa shape index (κ3) is 2.66. The zero-order valence-corrected chi connectivity index (χ0v) is 10.00. The molecule has 16 heavy (non-hydrogen) atoms. The average molecular weight is 233 g/mol. The largest absolute Gasteiger partial charge is 0.271 e. The fraction of sp³-hybridized carbons (Fsp3) is 0.250. The molecule has 0 radical (unpaired) electrons. The van der Waals surface area contributed by atoms with Crippen LogP contribution in [0.1, 0.15) is 22.3 Å². The van der Waals surface area contributed by atoms with Crippen LogP contribution in [0.3, 0.4) is 0 Å². The Morgan fingerprint density at radius 2 is 2.12 bits per heavy atom. The summed E-state index contributed by atoms with van der Waals surface area (Å²) in [5, 5.41) is 3.18. The summed E-state index contributed by atoms with van der Waals surface area (Å²) in [4.78, 5) is 4.45. The van der Waals surface area contributed by atoms with Gasteiger partial charge in [-0.25, -0.2) is 4.98 Å². The molecule has 0 bridgehead atoms. The van der Waals surface area contributed by atoms with Gasteiger partial charge in [0.05, 0.1) is 16.7 Å². The summed E-state index contributed by atoms with van der Waals surface area (Å²) in [6, 6.07) is 10.3. The van der Waals surface area contributed by atoms with Crippen LogP contribution in [0.25, 0.3) is 0 Å². The molecule has 0 amide bonds. The van der Waals surface area contributed by atoms with E-state index in [4.69, 9.17) is 5.84 Å². The van der Waals surface area contributed by atoms with Gasteiger partial charge < -0.3 is 0 Å². The van der Waals surface area contributed by atoms with Gasteiger partial charge >= 0.3 is 0 Å². The second-order valence-electron chi connectivity index (χ2n) is 3.69. The molecule has 0 aliphatic rings. The molecule has 1 unspecified atom stereocenters.